The maximum atomic E-state index is 10.8. The Morgan fingerprint density at radius 1 is 1.40 bits per heavy atom. The number of nitrogens with two attached hydrogens (primary N) is 2. The molecule has 0 rings (SSSR count). The van der Waals surface area contributed by atoms with E-state index in [1.807, 2.05) is 0 Å². The summed E-state index contributed by atoms with van der Waals surface area (Å²) < 4.78 is 0. The van der Waals surface area contributed by atoms with Gasteiger partial charge in [0.05, 0.1) is 12.2 Å². The Kier molecular flexibility index (Phi) is 3.49. The Hall–Kier alpha value is -0.450. The molecule has 0 spiro atoms. The highest BCUT2D eigenvalue weighted by molar-refractivity contribution is 5.82. The second kappa shape index (κ2) is 3.65. The summed E-state index contributed by atoms with van der Waals surface area (Å²) in [6.45, 7) is 1.48. The van der Waals surface area contributed by atoms with Crippen molar-refractivity contribution in [3.05, 3.63) is 0 Å². The van der Waals surface area contributed by atoms with Crippen LogP contribution < -0.4 is 11.5 Å². The fourth-order valence-electron chi connectivity index (χ4n) is 0.979. The van der Waals surface area contributed by atoms with Crippen LogP contribution in [0.5, 0.6) is 0 Å². The maximum absolute atomic E-state index is 10.8. The number of hydrogen-bond acceptors (Lipinski definition) is 4. The van der Waals surface area contributed by atoms with E-state index in [1.165, 1.54) is 6.92 Å². The standard InChI is InChI=1S/C6H15N3O/c1-4(10)5(6(7)8)9(2)3/h5-6H,7-8H2,1-3H3. The fraction of sp³-hybridized carbons (Fsp3) is 0.833. The maximum Gasteiger partial charge on any atom is 0.149 e. The third kappa shape index (κ3) is 2.43. The number of ketones is 1. The molecular weight excluding hydrogens is 130 g/mol. The Labute approximate surface area is 61.2 Å². The van der Waals surface area contributed by atoms with Crippen LogP contribution in [0, 0.1) is 0 Å². The molecule has 0 aliphatic carbocycles. The molecule has 0 amide bonds. The van der Waals surface area contributed by atoms with Gasteiger partial charge in [-0.1, -0.05) is 0 Å². The van der Waals surface area contributed by atoms with E-state index in [0.717, 1.165) is 0 Å². The first-order chi connectivity index (χ1) is 4.46. The van der Waals surface area contributed by atoms with E-state index in [1.54, 1.807) is 19.0 Å². The van der Waals surface area contributed by atoms with Crippen LogP contribution in [0.3, 0.4) is 0 Å². The van der Waals surface area contributed by atoms with E-state index < -0.39 is 6.17 Å². The highest BCUT2D eigenvalue weighted by atomic mass is 16.1. The molecular formula is C6H15N3O. The summed E-state index contributed by atoms with van der Waals surface area (Å²) in [6, 6.07) is -0.361. The van der Waals surface area contributed by atoms with Gasteiger partial charge in [0.1, 0.15) is 5.78 Å². The van der Waals surface area contributed by atoms with E-state index in [4.69, 9.17) is 11.5 Å². The zero-order chi connectivity index (χ0) is 8.31. The lowest BCUT2D eigenvalue weighted by Crippen LogP contribution is -2.53. The van der Waals surface area contributed by atoms with Gasteiger partial charge in [-0.05, 0) is 21.0 Å². The quantitative estimate of drug-likeness (QED) is 0.487. The van der Waals surface area contributed by atoms with Crippen molar-refractivity contribution >= 4 is 5.78 Å². The summed E-state index contributed by atoms with van der Waals surface area (Å²) in [5.41, 5.74) is 10.7. The lowest BCUT2D eigenvalue weighted by molar-refractivity contribution is -0.121. The second-order valence-electron chi connectivity index (χ2n) is 2.60. The molecule has 60 valence electrons. The molecule has 10 heavy (non-hydrogen) atoms. The summed E-state index contributed by atoms with van der Waals surface area (Å²) in [5.74, 6) is 0.000000000000000666. The van der Waals surface area contributed by atoms with Crippen molar-refractivity contribution in [1.29, 1.82) is 0 Å². The van der Waals surface area contributed by atoms with Gasteiger partial charge >= 0.3 is 0 Å². The summed E-state index contributed by atoms with van der Waals surface area (Å²) in [6.07, 6.45) is -0.590. The van der Waals surface area contributed by atoms with Gasteiger partial charge in [-0.15, -0.1) is 0 Å². The Balaban J connectivity index is 4.12. The van der Waals surface area contributed by atoms with Gasteiger partial charge in [0.2, 0.25) is 0 Å². The first kappa shape index (κ1) is 9.55. The average Bonchev–Trinajstić information content (AvgIpc) is 1.59. The number of carbonyl (C=O) groups is 1. The predicted octanol–water partition coefficient (Wildman–Crippen LogP) is -1.25. The van der Waals surface area contributed by atoms with Crippen LogP contribution in [0.25, 0.3) is 0 Å². The predicted molar refractivity (Wildman–Crippen MR) is 40.3 cm³/mol. The first-order valence-electron chi connectivity index (χ1n) is 3.15. The Bertz CT molecular complexity index is 114. The van der Waals surface area contributed by atoms with Gasteiger partial charge in [0, 0.05) is 0 Å². The van der Waals surface area contributed by atoms with Crippen LogP contribution in [-0.2, 0) is 4.79 Å². The summed E-state index contributed by atoms with van der Waals surface area (Å²) in [4.78, 5) is 12.5. The Morgan fingerprint density at radius 2 is 1.80 bits per heavy atom. The van der Waals surface area contributed by atoms with Gasteiger partial charge in [-0.2, -0.15) is 0 Å². The third-order valence-corrected chi connectivity index (χ3v) is 1.34. The molecule has 0 fully saturated rings. The van der Waals surface area contributed by atoms with E-state index in [9.17, 15) is 4.79 Å². The molecule has 4 heteroatoms. The zero-order valence-electron chi connectivity index (χ0n) is 6.66. The molecule has 4 nitrogen and oxygen atoms in total. The topological polar surface area (TPSA) is 72.3 Å². The number of likely N-dealkylation sites (N-methyl/N-ethyl adjacent to an activating group) is 1. The number of carbonyl (C=O) groups excluding carboxylic acids is 1. The SMILES string of the molecule is CC(=O)C(C(N)N)N(C)C. The minimum absolute atomic E-state index is 0.000000000000000666. The number of Topliss-reactive ketones (excluding diaryl/α,β-unsaturated/α-hetero) is 1. The van der Waals surface area contributed by atoms with Crippen LogP contribution in [0.4, 0.5) is 0 Å². The van der Waals surface area contributed by atoms with E-state index in [-0.39, 0.29) is 11.8 Å². The highest BCUT2D eigenvalue weighted by Gasteiger charge is 2.20. The number of hydrogen-bond donors (Lipinski definition) is 2. The van der Waals surface area contributed by atoms with Crippen molar-refractivity contribution in [3.63, 3.8) is 0 Å². The van der Waals surface area contributed by atoms with E-state index >= 15 is 0 Å². The molecule has 0 bridgehead atoms. The Morgan fingerprint density at radius 3 is 1.80 bits per heavy atom. The van der Waals surface area contributed by atoms with Crippen molar-refractivity contribution in [2.24, 2.45) is 11.5 Å². The van der Waals surface area contributed by atoms with E-state index in [2.05, 4.69) is 0 Å². The molecule has 0 saturated heterocycles. The normalized spacial score (nSPS) is 14.3. The van der Waals surface area contributed by atoms with Crippen LogP contribution in [0.1, 0.15) is 6.92 Å². The zero-order valence-corrected chi connectivity index (χ0v) is 6.66. The van der Waals surface area contributed by atoms with Gasteiger partial charge in [-0.3, -0.25) is 9.69 Å². The van der Waals surface area contributed by atoms with Gasteiger partial charge in [-0.25, -0.2) is 0 Å². The lowest BCUT2D eigenvalue weighted by Gasteiger charge is -2.24. The van der Waals surface area contributed by atoms with Crippen molar-refractivity contribution in [2.75, 3.05) is 14.1 Å². The van der Waals surface area contributed by atoms with Crippen LogP contribution in [0.2, 0.25) is 0 Å². The largest absolute Gasteiger partial charge is 0.314 e. The van der Waals surface area contributed by atoms with Crippen molar-refractivity contribution in [3.8, 4) is 0 Å². The molecule has 4 N–H and O–H groups in total. The molecule has 0 aliphatic rings. The molecule has 0 aliphatic heterocycles. The van der Waals surface area contributed by atoms with Gasteiger partial charge in [0.15, 0.2) is 0 Å². The molecule has 0 heterocycles. The molecule has 0 aromatic carbocycles. The number of nitrogens with zero attached hydrogens (tertiary/aromatic N) is 1. The minimum Gasteiger partial charge on any atom is -0.314 e. The number of rotatable bonds is 3. The van der Waals surface area contributed by atoms with Crippen molar-refractivity contribution in [2.45, 2.75) is 19.1 Å². The lowest BCUT2D eigenvalue weighted by atomic mass is 10.1. The van der Waals surface area contributed by atoms with Crippen molar-refractivity contribution in [1.82, 2.24) is 4.90 Å². The summed E-state index contributed by atoms with van der Waals surface area (Å²) in [5, 5.41) is 0. The minimum atomic E-state index is -0.590. The first-order valence-corrected chi connectivity index (χ1v) is 3.15. The summed E-state index contributed by atoms with van der Waals surface area (Å²) in [7, 11) is 3.55. The third-order valence-electron chi connectivity index (χ3n) is 1.34. The molecule has 0 radical (unpaired) electrons. The summed E-state index contributed by atoms with van der Waals surface area (Å²) >= 11 is 0. The van der Waals surface area contributed by atoms with Crippen molar-refractivity contribution < 1.29 is 4.79 Å². The molecule has 1 unspecified atom stereocenters. The highest BCUT2D eigenvalue weighted by Crippen LogP contribution is 1.94. The van der Waals surface area contributed by atoms with Crippen LogP contribution in [0.15, 0.2) is 0 Å². The average molecular weight is 145 g/mol. The van der Waals surface area contributed by atoms with Gasteiger partial charge in [0.25, 0.3) is 0 Å². The molecule has 0 saturated carbocycles. The molecule has 0 aromatic heterocycles. The van der Waals surface area contributed by atoms with E-state index in [0.29, 0.717) is 0 Å². The molecule has 1 atom stereocenters. The van der Waals surface area contributed by atoms with Crippen LogP contribution >= 0.6 is 0 Å². The molecule has 0 aromatic rings. The second-order valence-corrected chi connectivity index (χ2v) is 2.60. The fourth-order valence-corrected chi connectivity index (χ4v) is 0.979. The van der Waals surface area contributed by atoms with Gasteiger partial charge < -0.3 is 11.5 Å². The van der Waals surface area contributed by atoms with Crippen LogP contribution in [-0.4, -0.2) is 37.0 Å². The smallest absolute Gasteiger partial charge is 0.149 e. The monoisotopic (exact) mass is 145 g/mol.